The van der Waals surface area contributed by atoms with Crippen molar-refractivity contribution in [2.45, 2.75) is 13.0 Å². The van der Waals surface area contributed by atoms with Crippen LogP contribution in [0.25, 0.3) is 0 Å². The summed E-state index contributed by atoms with van der Waals surface area (Å²) in [5.74, 6) is 0.00185. The molecule has 2 N–H and O–H groups in total. The summed E-state index contributed by atoms with van der Waals surface area (Å²) in [5, 5.41) is 2.80. The molecule has 14 heavy (non-hydrogen) atoms. The van der Waals surface area contributed by atoms with Gasteiger partial charge in [0.2, 0.25) is 5.91 Å². The first kappa shape index (κ1) is 11.0. The zero-order valence-electron chi connectivity index (χ0n) is 7.79. The Kier molecular flexibility index (Phi) is 5.04. The zero-order valence-corrected chi connectivity index (χ0v) is 8.55. The molecule has 0 aliphatic rings. The Labute approximate surface area is 88.6 Å². The Hall–Kier alpha value is -1.06. The lowest BCUT2D eigenvalue weighted by molar-refractivity contribution is -0.121. The first-order valence-electron chi connectivity index (χ1n) is 4.47. The lowest BCUT2D eigenvalue weighted by Crippen LogP contribution is -2.25. The molecule has 0 heterocycles. The Balaban J connectivity index is 2.24. The van der Waals surface area contributed by atoms with Crippen LogP contribution in [-0.2, 0) is 11.3 Å². The van der Waals surface area contributed by atoms with Crippen LogP contribution in [0.4, 0.5) is 0 Å². The van der Waals surface area contributed by atoms with Gasteiger partial charge in [-0.25, -0.2) is 4.84 Å². The number of halogens is 1. The predicted octanol–water partition coefficient (Wildman–Crippen LogP) is 1.44. The van der Waals surface area contributed by atoms with E-state index < -0.39 is 0 Å². The highest BCUT2D eigenvalue weighted by molar-refractivity contribution is 6.13. The van der Waals surface area contributed by atoms with E-state index in [1.165, 1.54) is 0 Å². The van der Waals surface area contributed by atoms with E-state index in [4.69, 9.17) is 11.8 Å². The van der Waals surface area contributed by atoms with Crippen LogP contribution in [0.2, 0.25) is 0 Å². The second-order valence-corrected chi connectivity index (χ2v) is 3.16. The van der Waals surface area contributed by atoms with E-state index in [1.54, 1.807) is 0 Å². The summed E-state index contributed by atoms with van der Waals surface area (Å²) < 4.78 is 0. The molecular formula is C10H13ClN2O. The summed E-state index contributed by atoms with van der Waals surface area (Å²) >= 11 is 5.23. The van der Waals surface area contributed by atoms with Crippen LogP contribution in [-0.4, -0.2) is 12.5 Å². The molecule has 4 heteroatoms. The molecule has 0 aromatic heterocycles. The Morgan fingerprint density at radius 1 is 1.29 bits per heavy atom. The third-order valence-electron chi connectivity index (χ3n) is 1.78. The predicted molar refractivity (Wildman–Crippen MR) is 56.8 cm³/mol. The summed E-state index contributed by atoms with van der Waals surface area (Å²) in [7, 11) is 0. The average Bonchev–Trinajstić information content (AvgIpc) is 2.25. The normalized spacial score (nSPS) is 9.79. The first-order chi connectivity index (χ1) is 6.83. The van der Waals surface area contributed by atoms with E-state index in [2.05, 4.69) is 10.2 Å². The van der Waals surface area contributed by atoms with Crippen molar-refractivity contribution in [1.29, 1.82) is 0 Å². The van der Waals surface area contributed by atoms with Gasteiger partial charge in [-0.1, -0.05) is 30.3 Å². The first-order valence-corrected chi connectivity index (χ1v) is 4.85. The third-order valence-corrected chi connectivity index (χ3v) is 1.97. The van der Waals surface area contributed by atoms with Gasteiger partial charge >= 0.3 is 0 Å². The van der Waals surface area contributed by atoms with Crippen LogP contribution >= 0.6 is 11.8 Å². The van der Waals surface area contributed by atoms with Gasteiger partial charge in [0.1, 0.15) is 0 Å². The number of rotatable bonds is 5. The molecule has 3 nitrogen and oxygen atoms in total. The highest BCUT2D eigenvalue weighted by atomic mass is 35.5. The van der Waals surface area contributed by atoms with E-state index in [0.29, 0.717) is 19.5 Å². The number of carbonyl (C=O) groups is 1. The standard InChI is InChI=1S/C10H13ClN2O/c11-13-7-6-10(14)12-8-9-4-2-1-3-5-9/h1-5,13H,6-8H2,(H,12,14). The topological polar surface area (TPSA) is 41.1 Å². The van der Waals surface area contributed by atoms with Gasteiger partial charge in [-0.3, -0.25) is 4.79 Å². The lowest BCUT2D eigenvalue weighted by atomic mass is 10.2. The molecule has 1 aromatic carbocycles. The van der Waals surface area contributed by atoms with Crippen LogP contribution in [0.1, 0.15) is 12.0 Å². The second-order valence-electron chi connectivity index (χ2n) is 2.90. The monoisotopic (exact) mass is 212 g/mol. The summed E-state index contributed by atoms with van der Waals surface area (Å²) in [6, 6.07) is 9.78. The maximum atomic E-state index is 11.2. The van der Waals surface area contributed by atoms with Gasteiger partial charge in [0.15, 0.2) is 0 Å². The summed E-state index contributed by atoms with van der Waals surface area (Å²) in [4.78, 5) is 13.6. The van der Waals surface area contributed by atoms with E-state index in [9.17, 15) is 4.79 Å². The highest BCUT2D eigenvalue weighted by Crippen LogP contribution is 1.97. The minimum absolute atomic E-state index is 0.00185. The van der Waals surface area contributed by atoms with Crippen molar-refractivity contribution in [3.63, 3.8) is 0 Å². The average molecular weight is 213 g/mol. The van der Waals surface area contributed by atoms with E-state index in [0.717, 1.165) is 5.56 Å². The van der Waals surface area contributed by atoms with Crippen molar-refractivity contribution in [2.24, 2.45) is 0 Å². The smallest absolute Gasteiger partial charge is 0.221 e. The molecule has 0 saturated heterocycles. The van der Waals surface area contributed by atoms with Crippen molar-refractivity contribution in [1.82, 2.24) is 10.2 Å². The van der Waals surface area contributed by atoms with Crippen molar-refractivity contribution in [3.8, 4) is 0 Å². The molecule has 76 valence electrons. The summed E-state index contributed by atoms with van der Waals surface area (Å²) in [6.45, 7) is 1.06. The summed E-state index contributed by atoms with van der Waals surface area (Å²) in [5.41, 5.74) is 1.10. The Bertz CT molecular complexity index is 277. The fraction of sp³-hybridized carbons (Fsp3) is 0.300. The molecule has 0 bridgehead atoms. The molecule has 0 aliphatic heterocycles. The fourth-order valence-corrected chi connectivity index (χ4v) is 1.14. The molecule has 0 fully saturated rings. The SMILES string of the molecule is O=C(CCNCl)NCc1ccccc1. The molecule has 0 spiro atoms. The van der Waals surface area contributed by atoms with Crippen LogP contribution in [0.15, 0.2) is 30.3 Å². The number of carbonyl (C=O) groups excluding carboxylic acids is 1. The maximum absolute atomic E-state index is 11.2. The maximum Gasteiger partial charge on any atom is 0.221 e. The molecule has 1 aromatic rings. The third kappa shape index (κ3) is 4.25. The van der Waals surface area contributed by atoms with Crippen LogP contribution < -0.4 is 10.2 Å². The molecule has 0 radical (unpaired) electrons. The van der Waals surface area contributed by atoms with Gasteiger partial charge in [0, 0.05) is 19.5 Å². The number of hydrogen-bond acceptors (Lipinski definition) is 2. The zero-order chi connectivity index (χ0) is 10.2. The van der Waals surface area contributed by atoms with Crippen molar-refractivity contribution in [2.75, 3.05) is 6.54 Å². The van der Waals surface area contributed by atoms with E-state index in [-0.39, 0.29) is 5.91 Å². The van der Waals surface area contributed by atoms with Gasteiger partial charge in [-0.05, 0) is 17.3 Å². The van der Waals surface area contributed by atoms with Crippen LogP contribution in [0, 0.1) is 0 Å². The van der Waals surface area contributed by atoms with Gasteiger partial charge < -0.3 is 5.32 Å². The molecular weight excluding hydrogens is 200 g/mol. The van der Waals surface area contributed by atoms with Gasteiger partial charge in [-0.15, -0.1) is 0 Å². The Morgan fingerprint density at radius 2 is 2.00 bits per heavy atom. The number of nitrogens with one attached hydrogen (secondary N) is 2. The van der Waals surface area contributed by atoms with Crippen molar-refractivity contribution >= 4 is 17.7 Å². The van der Waals surface area contributed by atoms with Gasteiger partial charge in [-0.2, -0.15) is 0 Å². The number of hydrogen-bond donors (Lipinski definition) is 2. The van der Waals surface area contributed by atoms with E-state index >= 15 is 0 Å². The summed E-state index contributed by atoms with van der Waals surface area (Å²) in [6.07, 6.45) is 0.399. The molecule has 0 atom stereocenters. The second kappa shape index (κ2) is 6.40. The largest absolute Gasteiger partial charge is 0.352 e. The molecule has 0 unspecified atom stereocenters. The van der Waals surface area contributed by atoms with Gasteiger partial charge in [0.05, 0.1) is 0 Å². The Morgan fingerprint density at radius 3 is 2.64 bits per heavy atom. The fourth-order valence-electron chi connectivity index (χ4n) is 1.05. The van der Waals surface area contributed by atoms with Crippen molar-refractivity contribution in [3.05, 3.63) is 35.9 Å². The molecule has 0 saturated carbocycles. The lowest BCUT2D eigenvalue weighted by Gasteiger charge is -2.04. The highest BCUT2D eigenvalue weighted by Gasteiger charge is 1.99. The van der Waals surface area contributed by atoms with E-state index in [1.807, 2.05) is 30.3 Å². The molecule has 1 amide bonds. The molecule has 1 rings (SSSR count). The minimum atomic E-state index is 0.00185. The van der Waals surface area contributed by atoms with Crippen LogP contribution in [0.3, 0.4) is 0 Å². The quantitative estimate of drug-likeness (QED) is 0.726. The number of benzene rings is 1. The van der Waals surface area contributed by atoms with Crippen LogP contribution in [0.5, 0.6) is 0 Å². The van der Waals surface area contributed by atoms with Gasteiger partial charge in [0.25, 0.3) is 0 Å². The minimum Gasteiger partial charge on any atom is -0.352 e. The van der Waals surface area contributed by atoms with Crippen molar-refractivity contribution < 1.29 is 4.79 Å². The molecule has 0 aliphatic carbocycles. The number of amides is 1.